The van der Waals surface area contributed by atoms with E-state index in [4.69, 9.17) is 4.98 Å². The predicted molar refractivity (Wildman–Crippen MR) is 80.4 cm³/mol. The summed E-state index contributed by atoms with van der Waals surface area (Å²) in [5.74, 6) is 2.10. The van der Waals surface area contributed by atoms with Crippen LogP contribution < -0.4 is 0 Å². The third-order valence-corrected chi connectivity index (χ3v) is 4.71. The van der Waals surface area contributed by atoms with Gasteiger partial charge in [-0.1, -0.05) is 45.2 Å². The van der Waals surface area contributed by atoms with E-state index >= 15 is 0 Å². The highest BCUT2D eigenvalue weighted by Crippen LogP contribution is 2.38. The molecule has 2 aromatic rings. The van der Waals surface area contributed by atoms with Crippen LogP contribution in [0.3, 0.4) is 0 Å². The van der Waals surface area contributed by atoms with Gasteiger partial charge in [0, 0.05) is 12.5 Å². The summed E-state index contributed by atoms with van der Waals surface area (Å²) in [5.41, 5.74) is 2.50. The number of aryl methyl sites for hydroxylation is 1. The lowest BCUT2D eigenvalue weighted by Gasteiger charge is -2.33. The molecular formula is C17H24N2. The van der Waals surface area contributed by atoms with Crippen molar-refractivity contribution in [3.05, 3.63) is 30.1 Å². The maximum atomic E-state index is 4.84. The number of hydrogen-bond acceptors (Lipinski definition) is 1. The average Bonchev–Trinajstić information content (AvgIpc) is 2.85. The van der Waals surface area contributed by atoms with E-state index in [2.05, 4.69) is 42.7 Å². The molecule has 1 saturated carbocycles. The summed E-state index contributed by atoms with van der Waals surface area (Å²) in [5, 5.41) is 0. The van der Waals surface area contributed by atoms with E-state index in [0.29, 0.717) is 6.04 Å². The summed E-state index contributed by atoms with van der Waals surface area (Å²) in [4.78, 5) is 4.84. The highest BCUT2D eigenvalue weighted by molar-refractivity contribution is 5.76. The van der Waals surface area contributed by atoms with Crippen LogP contribution in [-0.2, 0) is 6.42 Å². The number of nitrogens with zero attached hydrogens (tertiary/aromatic N) is 2. The van der Waals surface area contributed by atoms with E-state index in [9.17, 15) is 0 Å². The number of para-hydroxylation sites is 2. The molecule has 1 aliphatic rings. The SMILES string of the molecule is CCc1nc2ccccc2n1C1CCCCC1CC. The van der Waals surface area contributed by atoms with Crippen LogP contribution in [0.1, 0.15) is 57.8 Å². The maximum absolute atomic E-state index is 4.84. The molecule has 102 valence electrons. The molecule has 0 amide bonds. The van der Waals surface area contributed by atoms with Crippen LogP contribution in [0, 0.1) is 5.92 Å². The fraction of sp³-hybridized carbons (Fsp3) is 0.588. The van der Waals surface area contributed by atoms with Crippen molar-refractivity contribution in [1.29, 1.82) is 0 Å². The molecule has 1 aliphatic carbocycles. The molecule has 1 fully saturated rings. The first-order valence-corrected chi connectivity index (χ1v) is 7.81. The lowest BCUT2D eigenvalue weighted by atomic mass is 9.82. The Morgan fingerprint density at radius 3 is 2.74 bits per heavy atom. The van der Waals surface area contributed by atoms with Gasteiger partial charge in [-0.05, 0) is 30.9 Å². The van der Waals surface area contributed by atoms with Gasteiger partial charge in [0.15, 0.2) is 0 Å². The van der Waals surface area contributed by atoms with Gasteiger partial charge in [0.1, 0.15) is 5.82 Å². The lowest BCUT2D eigenvalue weighted by molar-refractivity contribution is 0.233. The van der Waals surface area contributed by atoms with Crippen LogP contribution in [0.4, 0.5) is 0 Å². The van der Waals surface area contributed by atoms with E-state index in [1.54, 1.807) is 0 Å². The quantitative estimate of drug-likeness (QED) is 0.775. The zero-order valence-electron chi connectivity index (χ0n) is 12.1. The first-order valence-electron chi connectivity index (χ1n) is 7.81. The lowest BCUT2D eigenvalue weighted by Crippen LogP contribution is -2.24. The summed E-state index contributed by atoms with van der Waals surface area (Å²) in [6.07, 6.45) is 7.81. The largest absolute Gasteiger partial charge is 0.325 e. The first-order chi connectivity index (χ1) is 9.35. The van der Waals surface area contributed by atoms with Gasteiger partial charge in [0.2, 0.25) is 0 Å². The molecule has 0 N–H and O–H groups in total. The Hall–Kier alpha value is -1.31. The van der Waals surface area contributed by atoms with Crippen molar-refractivity contribution >= 4 is 11.0 Å². The fourth-order valence-electron chi connectivity index (χ4n) is 3.72. The summed E-state index contributed by atoms with van der Waals surface area (Å²) in [6.45, 7) is 4.56. The van der Waals surface area contributed by atoms with Crippen molar-refractivity contribution in [3.63, 3.8) is 0 Å². The standard InChI is InChI=1S/C17H24N2/c1-3-13-9-5-7-11-15(13)19-16-12-8-6-10-14(16)18-17(19)4-2/h6,8,10,12-13,15H,3-5,7,9,11H2,1-2H3. The topological polar surface area (TPSA) is 17.8 Å². The van der Waals surface area contributed by atoms with Crippen molar-refractivity contribution in [2.45, 2.75) is 58.4 Å². The van der Waals surface area contributed by atoms with Gasteiger partial charge < -0.3 is 4.57 Å². The highest BCUT2D eigenvalue weighted by Gasteiger charge is 2.27. The molecule has 19 heavy (non-hydrogen) atoms. The van der Waals surface area contributed by atoms with Crippen LogP contribution >= 0.6 is 0 Å². The molecule has 1 heterocycles. The molecule has 1 aromatic carbocycles. The normalized spacial score (nSPS) is 23.9. The second-order valence-corrected chi connectivity index (χ2v) is 5.76. The summed E-state index contributed by atoms with van der Waals surface area (Å²) < 4.78 is 2.56. The Bertz CT molecular complexity index is 555. The molecule has 0 bridgehead atoms. The minimum atomic E-state index is 0.668. The van der Waals surface area contributed by atoms with Gasteiger partial charge in [-0.25, -0.2) is 4.98 Å². The summed E-state index contributed by atoms with van der Waals surface area (Å²) >= 11 is 0. The Labute approximate surface area is 115 Å². The minimum absolute atomic E-state index is 0.668. The van der Waals surface area contributed by atoms with Gasteiger partial charge >= 0.3 is 0 Å². The number of fused-ring (bicyclic) bond motifs is 1. The molecular weight excluding hydrogens is 232 g/mol. The van der Waals surface area contributed by atoms with E-state index in [1.165, 1.54) is 49.0 Å². The average molecular weight is 256 g/mol. The van der Waals surface area contributed by atoms with E-state index < -0.39 is 0 Å². The number of benzene rings is 1. The third-order valence-electron chi connectivity index (χ3n) is 4.71. The molecule has 2 atom stereocenters. The second kappa shape index (κ2) is 5.36. The van der Waals surface area contributed by atoms with Crippen LogP contribution in [0.5, 0.6) is 0 Å². The smallest absolute Gasteiger partial charge is 0.109 e. The molecule has 3 rings (SSSR count). The summed E-state index contributed by atoms with van der Waals surface area (Å²) in [6, 6.07) is 9.29. The van der Waals surface area contributed by atoms with Gasteiger partial charge in [-0.15, -0.1) is 0 Å². The predicted octanol–water partition coefficient (Wildman–Crippen LogP) is 4.74. The van der Waals surface area contributed by atoms with Gasteiger partial charge in [0.05, 0.1) is 11.0 Å². The Kier molecular flexibility index (Phi) is 3.58. The molecule has 0 radical (unpaired) electrons. The maximum Gasteiger partial charge on any atom is 0.109 e. The third kappa shape index (κ3) is 2.18. The second-order valence-electron chi connectivity index (χ2n) is 5.76. The Balaban J connectivity index is 2.11. The Morgan fingerprint density at radius 2 is 1.95 bits per heavy atom. The molecule has 2 unspecified atom stereocenters. The van der Waals surface area contributed by atoms with Crippen molar-refractivity contribution in [1.82, 2.24) is 9.55 Å². The van der Waals surface area contributed by atoms with Crippen LogP contribution in [0.15, 0.2) is 24.3 Å². The Morgan fingerprint density at radius 1 is 1.16 bits per heavy atom. The highest BCUT2D eigenvalue weighted by atomic mass is 15.1. The van der Waals surface area contributed by atoms with Gasteiger partial charge in [0.25, 0.3) is 0 Å². The zero-order valence-corrected chi connectivity index (χ0v) is 12.1. The summed E-state index contributed by atoms with van der Waals surface area (Å²) in [7, 11) is 0. The fourth-order valence-corrected chi connectivity index (χ4v) is 3.72. The van der Waals surface area contributed by atoms with Crippen LogP contribution in [0.25, 0.3) is 11.0 Å². The van der Waals surface area contributed by atoms with E-state index in [0.717, 1.165) is 12.3 Å². The number of aromatic nitrogens is 2. The molecule has 0 spiro atoms. The zero-order chi connectivity index (χ0) is 13.2. The van der Waals surface area contributed by atoms with Crippen molar-refractivity contribution < 1.29 is 0 Å². The minimum Gasteiger partial charge on any atom is -0.325 e. The number of imidazole rings is 1. The van der Waals surface area contributed by atoms with Gasteiger partial charge in [-0.2, -0.15) is 0 Å². The van der Waals surface area contributed by atoms with Crippen molar-refractivity contribution in [3.8, 4) is 0 Å². The van der Waals surface area contributed by atoms with Gasteiger partial charge in [-0.3, -0.25) is 0 Å². The van der Waals surface area contributed by atoms with Crippen LogP contribution in [0.2, 0.25) is 0 Å². The van der Waals surface area contributed by atoms with E-state index in [-0.39, 0.29) is 0 Å². The molecule has 1 aromatic heterocycles. The molecule has 2 heteroatoms. The number of rotatable bonds is 3. The monoisotopic (exact) mass is 256 g/mol. The first kappa shape index (κ1) is 12.7. The number of hydrogen-bond donors (Lipinski definition) is 0. The van der Waals surface area contributed by atoms with Crippen LogP contribution in [-0.4, -0.2) is 9.55 Å². The molecule has 0 saturated heterocycles. The van der Waals surface area contributed by atoms with E-state index in [1.807, 2.05) is 0 Å². The van der Waals surface area contributed by atoms with Crippen molar-refractivity contribution in [2.75, 3.05) is 0 Å². The molecule has 2 nitrogen and oxygen atoms in total. The van der Waals surface area contributed by atoms with Crippen molar-refractivity contribution in [2.24, 2.45) is 5.92 Å². The molecule has 0 aliphatic heterocycles.